The number of hydrogen-bond acceptors (Lipinski definition) is 3. The number of para-hydroxylation sites is 1. The van der Waals surface area contributed by atoms with Crippen LogP contribution < -0.4 is 5.32 Å². The van der Waals surface area contributed by atoms with E-state index < -0.39 is 0 Å². The second-order valence-corrected chi connectivity index (χ2v) is 6.48. The summed E-state index contributed by atoms with van der Waals surface area (Å²) in [6.07, 6.45) is 0. The number of fused-ring (bicyclic) bond motifs is 1. The summed E-state index contributed by atoms with van der Waals surface area (Å²) in [5.74, 6) is -0.0540. The lowest BCUT2D eigenvalue weighted by Gasteiger charge is -2.07. The number of aromatic nitrogens is 1. The van der Waals surface area contributed by atoms with Gasteiger partial charge in [-0.15, -0.1) is 0 Å². The highest BCUT2D eigenvalue weighted by Gasteiger charge is 2.07. The molecule has 0 saturated carbocycles. The molecule has 1 N–H and O–H groups in total. The maximum absolute atomic E-state index is 12.8. The Bertz CT molecular complexity index is 865. The van der Waals surface area contributed by atoms with Crippen LogP contribution in [0.2, 0.25) is 0 Å². The smallest absolute Gasteiger partial charge is 0.230 e. The number of nitrogens with zero attached hydrogens (tertiary/aromatic N) is 1. The first-order valence-electron chi connectivity index (χ1n) is 7.62. The molecular formula is C19H17FN2OS. The summed E-state index contributed by atoms with van der Waals surface area (Å²) in [6.45, 7) is 2.44. The maximum Gasteiger partial charge on any atom is 0.230 e. The molecule has 1 amide bonds. The van der Waals surface area contributed by atoms with Crippen LogP contribution in [0.3, 0.4) is 0 Å². The van der Waals surface area contributed by atoms with Crippen molar-refractivity contribution in [1.29, 1.82) is 0 Å². The van der Waals surface area contributed by atoms with Crippen LogP contribution in [0.1, 0.15) is 11.1 Å². The highest BCUT2D eigenvalue weighted by Crippen LogP contribution is 2.23. The number of pyridine rings is 1. The van der Waals surface area contributed by atoms with E-state index in [1.165, 1.54) is 23.9 Å². The second-order valence-electron chi connectivity index (χ2n) is 5.49. The molecule has 1 aromatic heterocycles. The predicted molar refractivity (Wildman–Crippen MR) is 95.5 cm³/mol. The fourth-order valence-electron chi connectivity index (χ4n) is 2.39. The van der Waals surface area contributed by atoms with Gasteiger partial charge in [0.25, 0.3) is 0 Å². The Balaban J connectivity index is 1.57. The van der Waals surface area contributed by atoms with E-state index in [0.29, 0.717) is 12.3 Å². The molecule has 3 aromatic rings. The number of halogens is 1. The molecule has 0 aliphatic rings. The molecule has 0 bridgehead atoms. The van der Waals surface area contributed by atoms with Gasteiger partial charge in [0, 0.05) is 11.9 Å². The van der Waals surface area contributed by atoms with Crippen molar-refractivity contribution in [3.05, 3.63) is 71.5 Å². The van der Waals surface area contributed by atoms with Crippen molar-refractivity contribution in [2.75, 3.05) is 5.75 Å². The van der Waals surface area contributed by atoms with Crippen molar-refractivity contribution >= 4 is 28.6 Å². The summed E-state index contributed by atoms with van der Waals surface area (Å²) >= 11 is 1.41. The molecule has 5 heteroatoms. The van der Waals surface area contributed by atoms with Crippen molar-refractivity contribution in [2.45, 2.75) is 18.5 Å². The van der Waals surface area contributed by atoms with E-state index in [1.807, 2.05) is 37.3 Å². The molecule has 0 aliphatic heterocycles. The van der Waals surface area contributed by atoms with Gasteiger partial charge in [-0.1, -0.05) is 42.1 Å². The number of thioether (sulfide) groups is 1. The lowest BCUT2D eigenvalue weighted by atomic mass is 10.1. The number of hydrogen-bond donors (Lipinski definition) is 1. The summed E-state index contributed by atoms with van der Waals surface area (Å²) in [4.78, 5) is 16.5. The number of amides is 1. The standard InChI is InChI=1S/C19H17FN2OS/c1-13-10-19(22-17-5-3-2-4-16(13)17)24-12-18(23)21-11-14-6-8-15(20)9-7-14/h2-10H,11-12H2,1H3,(H,21,23). The molecule has 0 atom stereocenters. The Hall–Kier alpha value is -2.40. The predicted octanol–water partition coefficient (Wildman–Crippen LogP) is 4.09. The minimum absolute atomic E-state index is 0.0723. The van der Waals surface area contributed by atoms with Crippen molar-refractivity contribution in [2.24, 2.45) is 0 Å². The molecule has 0 aliphatic carbocycles. The number of benzene rings is 2. The second kappa shape index (κ2) is 7.45. The lowest BCUT2D eigenvalue weighted by Crippen LogP contribution is -2.24. The van der Waals surface area contributed by atoms with Crippen LogP contribution in [0.15, 0.2) is 59.6 Å². The van der Waals surface area contributed by atoms with E-state index in [4.69, 9.17) is 0 Å². The first-order valence-corrected chi connectivity index (χ1v) is 8.61. The molecule has 0 unspecified atom stereocenters. The minimum atomic E-state index is -0.279. The molecule has 0 fully saturated rings. The Morgan fingerprint density at radius 2 is 1.92 bits per heavy atom. The molecule has 3 rings (SSSR count). The third-order valence-corrected chi connectivity index (χ3v) is 4.57. The minimum Gasteiger partial charge on any atom is -0.351 e. The zero-order valence-corrected chi connectivity index (χ0v) is 14.1. The van der Waals surface area contributed by atoms with E-state index in [-0.39, 0.29) is 11.7 Å². The first kappa shape index (κ1) is 16.5. The van der Waals surface area contributed by atoms with Gasteiger partial charge in [-0.3, -0.25) is 4.79 Å². The van der Waals surface area contributed by atoms with Crippen molar-refractivity contribution in [3.63, 3.8) is 0 Å². The molecule has 0 saturated heterocycles. The van der Waals surface area contributed by atoms with Crippen LogP contribution in [0.4, 0.5) is 4.39 Å². The Labute approximate surface area is 144 Å². The fraction of sp³-hybridized carbons (Fsp3) is 0.158. The van der Waals surface area contributed by atoms with Crippen molar-refractivity contribution in [3.8, 4) is 0 Å². The zero-order chi connectivity index (χ0) is 16.9. The van der Waals surface area contributed by atoms with Crippen LogP contribution in [-0.4, -0.2) is 16.6 Å². The van der Waals surface area contributed by atoms with Gasteiger partial charge in [0.2, 0.25) is 5.91 Å². The highest BCUT2D eigenvalue weighted by atomic mass is 32.2. The third kappa shape index (κ3) is 4.11. The monoisotopic (exact) mass is 340 g/mol. The van der Waals surface area contributed by atoms with E-state index in [1.54, 1.807) is 12.1 Å². The molecule has 0 spiro atoms. The van der Waals surface area contributed by atoms with Crippen LogP contribution in [-0.2, 0) is 11.3 Å². The summed E-state index contributed by atoms with van der Waals surface area (Å²) < 4.78 is 12.8. The van der Waals surface area contributed by atoms with Gasteiger partial charge >= 0.3 is 0 Å². The SMILES string of the molecule is Cc1cc(SCC(=O)NCc2ccc(F)cc2)nc2ccccc12. The quantitative estimate of drug-likeness (QED) is 0.711. The molecule has 3 nitrogen and oxygen atoms in total. The van der Waals surface area contributed by atoms with Crippen LogP contribution >= 0.6 is 11.8 Å². The summed E-state index contributed by atoms with van der Waals surface area (Å²) in [6, 6.07) is 16.1. The molecule has 24 heavy (non-hydrogen) atoms. The Kier molecular flexibility index (Phi) is 5.11. The number of rotatable bonds is 5. The average Bonchev–Trinajstić information content (AvgIpc) is 2.59. The Morgan fingerprint density at radius 1 is 1.17 bits per heavy atom. The van der Waals surface area contributed by atoms with Crippen molar-refractivity contribution in [1.82, 2.24) is 10.3 Å². The molecular weight excluding hydrogens is 323 g/mol. The topological polar surface area (TPSA) is 42.0 Å². The number of carbonyl (C=O) groups is 1. The molecule has 0 radical (unpaired) electrons. The van der Waals surface area contributed by atoms with Gasteiger partial charge in [-0.25, -0.2) is 9.37 Å². The van der Waals surface area contributed by atoms with Gasteiger partial charge in [-0.05, 0) is 42.3 Å². The zero-order valence-electron chi connectivity index (χ0n) is 13.3. The van der Waals surface area contributed by atoms with Crippen LogP contribution in [0.5, 0.6) is 0 Å². The van der Waals surface area contributed by atoms with E-state index in [9.17, 15) is 9.18 Å². The first-order chi connectivity index (χ1) is 11.6. The van der Waals surface area contributed by atoms with Gasteiger partial charge in [0.15, 0.2) is 0 Å². The highest BCUT2D eigenvalue weighted by molar-refractivity contribution is 7.99. The van der Waals surface area contributed by atoms with Gasteiger partial charge in [0.1, 0.15) is 5.82 Å². The normalized spacial score (nSPS) is 10.8. The van der Waals surface area contributed by atoms with Crippen LogP contribution in [0.25, 0.3) is 10.9 Å². The van der Waals surface area contributed by atoms with Crippen LogP contribution in [0, 0.1) is 12.7 Å². The number of nitrogens with one attached hydrogen (secondary N) is 1. The van der Waals surface area contributed by atoms with Gasteiger partial charge in [0.05, 0.1) is 16.3 Å². The molecule has 2 aromatic carbocycles. The summed E-state index contributed by atoms with van der Waals surface area (Å²) in [5.41, 5.74) is 2.95. The number of carbonyl (C=O) groups excluding carboxylic acids is 1. The molecule has 1 heterocycles. The maximum atomic E-state index is 12.8. The average molecular weight is 340 g/mol. The third-order valence-electron chi connectivity index (χ3n) is 3.65. The number of aryl methyl sites for hydroxylation is 1. The lowest BCUT2D eigenvalue weighted by molar-refractivity contribution is -0.118. The van der Waals surface area contributed by atoms with Gasteiger partial charge < -0.3 is 5.32 Å². The van der Waals surface area contributed by atoms with E-state index >= 15 is 0 Å². The Morgan fingerprint density at radius 3 is 2.71 bits per heavy atom. The molecule has 122 valence electrons. The van der Waals surface area contributed by atoms with Crippen molar-refractivity contribution < 1.29 is 9.18 Å². The van der Waals surface area contributed by atoms with E-state index in [2.05, 4.69) is 10.3 Å². The largest absolute Gasteiger partial charge is 0.351 e. The summed E-state index contributed by atoms with van der Waals surface area (Å²) in [5, 5.41) is 4.79. The van der Waals surface area contributed by atoms with Gasteiger partial charge in [-0.2, -0.15) is 0 Å². The van der Waals surface area contributed by atoms with E-state index in [0.717, 1.165) is 27.1 Å². The fourth-order valence-corrected chi connectivity index (χ4v) is 3.19. The summed E-state index contributed by atoms with van der Waals surface area (Å²) in [7, 11) is 0.